The fourth-order valence-electron chi connectivity index (χ4n) is 1.07. The summed E-state index contributed by atoms with van der Waals surface area (Å²) in [6.07, 6.45) is 3.10. The van der Waals surface area contributed by atoms with Crippen molar-refractivity contribution in [3.8, 4) is 10.6 Å². The molecule has 1 N–H and O–H groups in total. The maximum absolute atomic E-state index is 11.4. The minimum Gasteiger partial charge on any atom is -0.303 e. The second-order valence-electron chi connectivity index (χ2n) is 2.75. The van der Waals surface area contributed by atoms with E-state index in [1.54, 1.807) is 18.6 Å². The van der Waals surface area contributed by atoms with Crippen molar-refractivity contribution in [1.82, 2.24) is 14.5 Å². The van der Waals surface area contributed by atoms with Crippen LogP contribution in [0.25, 0.3) is 10.6 Å². The van der Waals surface area contributed by atoms with Gasteiger partial charge in [-0.15, -0.1) is 11.3 Å². The lowest BCUT2D eigenvalue weighted by molar-refractivity contribution is 0.802. The van der Waals surface area contributed by atoms with Crippen molar-refractivity contribution in [3.05, 3.63) is 38.6 Å². The molecule has 2 heterocycles. The van der Waals surface area contributed by atoms with Gasteiger partial charge in [0.1, 0.15) is 5.01 Å². The summed E-state index contributed by atoms with van der Waals surface area (Å²) in [7, 11) is 1.58. The number of aryl methyl sites for hydroxylation is 1. The molecule has 0 saturated heterocycles. The number of nitrogens with one attached hydrogen (secondary N) is 1. The molecule has 0 atom stereocenters. The van der Waals surface area contributed by atoms with E-state index in [9.17, 15) is 9.59 Å². The number of aromatic amines is 1. The minimum atomic E-state index is -0.421. The van der Waals surface area contributed by atoms with E-state index in [4.69, 9.17) is 0 Å². The van der Waals surface area contributed by atoms with Crippen LogP contribution in [0, 0.1) is 0 Å². The largest absolute Gasteiger partial charge is 0.328 e. The van der Waals surface area contributed by atoms with E-state index in [0.29, 0.717) is 10.6 Å². The summed E-state index contributed by atoms with van der Waals surface area (Å²) in [6.45, 7) is 0. The lowest BCUT2D eigenvalue weighted by atomic mass is 10.3. The normalized spacial score (nSPS) is 10.4. The smallest absolute Gasteiger partial charge is 0.303 e. The molecule has 0 bridgehead atoms. The molecule has 0 amide bonds. The number of nitrogens with zero attached hydrogens (tertiary/aromatic N) is 2. The molecule has 14 heavy (non-hydrogen) atoms. The Bertz CT molecular complexity index is 553. The molecule has 5 nitrogen and oxygen atoms in total. The van der Waals surface area contributed by atoms with Crippen LogP contribution in [0.3, 0.4) is 0 Å². The van der Waals surface area contributed by atoms with Gasteiger partial charge in [0.25, 0.3) is 5.56 Å². The fourth-order valence-corrected chi connectivity index (χ4v) is 1.72. The number of aromatic nitrogens is 3. The molecular formula is C8H7N3O2S. The van der Waals surface area contributed by atoms with Gasteiger partial charge < -0.3 is 4.57 Å². The molecule has 6 heteroatoms. The van der Waals surface area contributed by atoms with E-state index in [1.165, 1.54) is 22.1 Å². The molecule has 0 aliphatic heterocycles. The van der Waals surface area contributed by atoms with Crippen LogP contribution in [0.4, 0.5) is 0 Å². The molecule has 0 spiro atoms. The Kier molecular flexibility index (Phi) is 2.05. The second kappa shape index (κ2) is 3.22. The molecule has 0 radical (unpaired) electrons. The van der Waals surface area contributed by atoms with Gasteiger partial charge in [0.15, 0.2) is 0 Å². The number of rotatable bonds is 1. The lowest BCUT2D eigenvalue weighted by Gasteiger charge is -1.98. The molecule has 2 aromatic rings. The van der Waals surface area contributed by atoms with Gasteiger partial charge in [-0.3, -0.25) is 9.78 Å². The number of hydrogen-bond acceptors (Lipinski definition) is 4. The number of thiazole rings is 1. The van der Waals surface area contributed by atoms with E-state index >= 15 is 0 Å². The first-order chi connectivity index (χ1) is 6.68. The highest BCUT2D eigenvalue weighted by Gasteiger charge is 2.06. The standard InChI is InChI=1S/C8H7N3O2S/c1-11-4-5(6(12)10-8(11)13)7-9-2-3-14-7/h2-4H,1H3,(H,10,12,13). The zero-order valence-corrected chi connectivity index (χ0v) is 8.17. The SMILES string of the molecule is Cn1cc(-c2nccs2)c(=O)[nH]c1=O. The van der Waals surface area contributed by atoms with Crippen molar-refractivity contribution >= 4 is 11.3 Å². The highest BCUT2D eigenvalue weighted by atomic mass is 32.1. The highest BCUT2D eigenvalue weighted by Crippen LogP contribution is 2.15. The van der Waals surface area contributed by atoms with Crippen molar-refractivity contribution in [2.75, 3.05) is 0 Å². The monoisotopic (exact) mass is 209 g/mol. The minimum absolute atomic E-state index is 0.400. The van der Waals surface area contributed by atoms with Gasteiger partial charge in [0.2, 0.25) is 0 Å². The van der Waals surface area contributed by atoms with E-state index in [1.807, 2.05) is 0 Å². The van der Waals surface area contributed by atoms with E-state index in [0.717, 1.165) is 0 Å². The van der Waals surface area contributed by atoms with E-state index in [2.05, 4.69) is 9.97 Å². The highest BCUT2D eigenvalue weighted by molar-refractivity contribution is 7.13. The van der Waals surface area contributed by atoms with Crippen LogP contribution in [0.1, 0.15) is 0 Å². The zero-order valence-electron chi connectivity index (χ0n) is 7.35. The van der Waals surface area contributed by atoms with Crippen LogP contribution in [-0.4, -0.2) is 14.5 Å². The third-order valence-corrected chi connectivity index (χ3v) is 2.58. The third-order valence-electron chi connectivity index (χ3n) is 1.77. The molecule has 0 unspecified atom stereocenters. The van der Waals surface area contributed by atoms with Gasteiger partial charge >= 0.3 is 5.69 Å². The van der Waals surface area contributed by atoms with Crippen molar-refractivity contribution in [2.45, 2.75) is 0 Å². The van der Waals surface area contributed by atoms with Crippen LogP contribution in [0.5, 0.6) is 0 Å². The molecule has 2 rings (SSSR count). The summed E-state index contributed by atoms with van der Waals surface area (Å²) in [5, 5.41) is 2.39. The second-order valence-corrected chi connectivity index (χ2v) is 3.64. The molecule has 0 fully saturated rings. The molecule has 0 aliphatic carbocycles. The molecule has 2 aromatic heterocycles. The summed E-state index contributed by atoms with van der Waals surface area (Å²) in [4.78, 5) is 28.7. The molecule has 0 saturated carbocycles. The van der Waals surface area contributed by atoms with Crippen LogP contribution in [0.2, 0.25) is 0 Å². The summed E-state index contributed by atoms with van der Waals surface area (Å²) >= 11 is 1.36. The Hall–Kier alpha value is -1.69. The molecular weight excluding hydrogens is 202 g/mol. The molecule has 0 aliphatic rings. The average Bonchev–Trinajstić information content (AvgIpc) is 2.64. The zero-order chi connectivity index (χ0) is 10.1. The first-order valence-electron chi connectivity index (χ1n) is 3.88. The summed E-state index contributed by atoms with van der Waals surface area (Å²) in [5.41, 5.74) is -0.402. The van der Waals surface area contributed by atoms with Crippen LogP contribution < -0.4 is 11.2 Å². The number of hydrogen-bond donors (Lipinski definition) is 1. The van der Waals surface area contributed by atoms with E-state index in [-0.39, 0.29) is 0 Å². The quantitative estimate of drug-likeness (QED) is 0.729. The summed E-state index contributed by atoms with van der Waals surface area (Å²) in [5.74, 6) is 0. The Balaban J connectivity index is 2.72. The summed E-state index contributed by atoms with van der Waals surface area (Å²) < 4.78 is 1.32. The van der Waals surface area contributed by atoms with Crippen molar-refractivity contribution in [2.24, 2.45) is 7.05 Å². The maximum Gasteiger partial charge on any atom is 0.328 e. The maximum atomic E-state index is 11.4. The Morgan fingerprint density at radius 2 is 2.29 bits per heavy atom. The molecule has 0 aromatic carbocycles. The van der Waals surface area contributed by atoms with Gasteiger partial charge in [0.05, 0.1) is 5.56 Å². The lowest BCUT2D eigenvalue weighted by Crippen LogP contribution is -2.28. The predicted molar refractivity (Wildman–Crippen MR) is 53.4 cm³/mol. The number of H-pyrrole nitrogens is 1. The van der Waals surface area contributed by atoms with Gasteiger partial charge in [-0.1, -0.05) is 0 Å². The van der Waals surface area contributed by atoms with Crippen molar-refractivity contribution in [1.29, 1.82) is 0 Å². The van der Waals surface area contributed by atoms with Crippen LogP contribution >= 0.6 is 11.3 Å². The fraction of sp³-hybridized carbons (Fsp3) is 0.125. The van der Waals surface area contributed by atoms with E-state index < -0.39 is 11.2 Å². The Labute approximate surface area is 82.7 Å². The predicted octanol–water partition coefficient (Wildman–Crippen LogP) is 0.197. The van der Waals surface area contributed by atoms with Gasteiger partial charge in [-0.05, 0) is 0 Å². The van der Waals surface area contributed by atoms with Crippen LogP contribution in [-0.2, 0) is 7.05 Å². The average molecular weight is 209 g/mol. The Morgan fingerprint density at radius 3 is 2.93 bits per heavy atom. The van der Waals surface area contributed by atoms with Crippen LogP contribution in [0.15, 0.2) is 27.4 Å². The topological polar surface area (TPSA) is 67.8 Å². The van der Waals surface area contributed by atoms with Crippen molar-refractivity contribution < 1.29 is 0 Å². The third kappa shape index (κ3) is 1.39. The Morgan fingerprint density at radius 1 is 1.50 bits per heavy atom. The van der Waals surface area contributed by atoms with Gasteiger partial charge in [-0.2, -0.15) is 0 Å². The first-order valence-corrected chi connectivity index (χ1v) is 4.76. The van der Waals surface area contributed by atoms with Gasteiger partial charge in [-0.25, -0.2) is 9.78 Å². The van der Waals surface area contributed by atoms with Gasteiger partial charge in [0, 0.05) is 24.8 Å². The summed E-state index contributed by atoms with van der Waals surface area (Å²) in [6, 6.07) is 0. The molecule has 72 valence electrons. The van der Waals surface area contributed by atoms with Crippen molar-refractivity contribution in [3.63, 3.8) is 0 Å². The first kappa shape index (κ1) is 8.89.